The van der Waals surface area contributed by atoms with E-state index in [0.717, 1.165) is 24.2 Å². The van der Waals surface area contributed by atoms with E-state index in [1.807, 2.05) is 19.1 Å². The van der Waals surface area contributed by atoms with E-state index in [9.17, 15) is 10.1 Å². The Bertz CT molecular complexity index is 466. The SMILES string of the molecule is CCc1ccc(NC2CC(C)N(C)C2)cc1[N+](=O)[O-]. The molecule has 0 aromatic heterocycles. The van der Waals surface area contributed by atoms with E-state index in [0.29, 0.717) is 18.5 Å². The molecule has 104 valence electrons. The Labute approximate surface area is 113 Å². The van der Waals surface area contributed by atoms with Crippen LogP contribution in [0, 0.1) is 10.1 Å². The Hall–Kier alpha value is -1.62. The van der Waals surface area contributed by atoms with Gasteiger partial charge in [0.05, 0.1) is 4.92 Å². The van der Waals surface area contributed by atoms with Crippen molar-refractivity contribution < 1.29 is 4.92 Å². The maximum absolute atomic E-state index is 11.0. The zero-order valence-electron chi connectivity index (χ0n) is 11.7. The Morgan fingerprint density at radius 2 is 2.26 bits per heavy atom. The summed E-state index contributed by atoms with van der Waals surface area (Å²) in [7, 11) is 2.11. The molecule has 2 atom stereocenters. The van der Waals surface area contributed by atoms with E-state index in [-0.39, 0.29) is 10.6 Å². The highest BCUT2D eigenvalue weighted by molar-refractivity contribution is 5.55. The summed E-state index contributed by atoms with van der Waals surface area (Å²) in [6.07, 6.45) is 1.75. The Kier molecular flexibility index (Phi) is 4.04. The second kappa shape index (κ2) is 5.57. The van der Waals surface area contributed by atoms with Crippen molar-refractivity contribution in [3.8, 4) is 0 Å². The van der Waals surface area contributed by atoms with Crippen molar-refractivity contribution in [2.75, 3.05) is 18.9 Å². The number of nitrogens with one attached hydrogen (secondary N) is 1. The van der Waals surface area contributed by atoms with Crippen LogP contribution in [-0.2, 0) is 6.42 Å². The number of nitro groups is 1. The number of nitrogens with zero attached hydrogens (tertiary/aromatic N) is 2. The molecule has 1 N–H and O–H groups in total. The number of nitro benzene ring substituents is 1. The summed E-state index contributed by atoms with van der Waals surface area (Å²) in [5.41, 5.74) is 1.84. The average molecular weight is 263 g/mol. The molecule has 1 fully saturated rings. The fourth-order valence-corrected chi connectivity index (χ4v) is 2.66. The van der Waals surface area contributed by atoms with Gasteiger partial charge in [0.1, 0.15) is 0 Å². The standard InChI is InChI=1S/C14H21N3O2/c1-4-11-5-6-12(8-14(11)17(18)19)15-13-7-10(2)16(3)9-13/h5-6,8,10,13,15H,4,7,9H2,1-3H3. The molecular weight excluding hydrogens is 242 g/mol. The lowest BCUT2D eigenvalue weighted by Crippen LogP contribution is -2.24. The first-order valence-corrected chi connectivity index (χ1v) is 6.75. The number of likely N-dealkylation sites (tertiary alicyclic amines) is 1. The summed E-state index contributed by atoms with van der Waals surface area (Å²) >= 11 is 0. The van der Waals surface area contributed by atoms with Gasteiger partial charge in [0.2, 0.25) is 0 Å². The van der Waals surface area contributed by atoms with Gasteiger partial charge >= 0.3 is 0 Å². The first kappa shape index (κ1) is 13.8. The zero-order valence-corrected chi connectivity index (χ0v) is 11.7. The molecule has 19 heavy (non-hydrogen) atoms. The largest absolute Gasteiger partial charge is 0.381 e. The number of likely N-dealkylation sites (N-methyl/N-ethyl adjacent to an activating group) is 1. The van der Waals surface area contributed by atoms with Gasteiger partial charge in [-0.2, -0.15) is 0 Å². The highest BCUT2D eigenvalue weighted by Gasteiger charge is 2.26. The van der Waals surface area contributed by atoms with Crippen LogP contribution in [0.3, 0.4) is 0 Å². The predicted octanol–water partition coefficient (Wildman–Crippen LogP) is 2.66. The summed E-state index contributed by atoms with van der Waals surface area (Å²) < 4.78 is 0. The van der Waals surface area contributed by atoms with E-state index < -0.39 is 0 Å². The van der Waals surface area contributed by atoms with Gasteiger partial charge in [-0.3, -0.25) is 10.1 Å². The highest BCUT2D eigenvalue weighted by atomic mass is 16.6. The van der Waals surface area contributed by atoms with Gasteiger partial charge in [-0.1, -0.05) is 13.0 Å². The monoisotopic (exact) mass is 263 g/mol. The number of hydrogen-bond donors (Lipinski definition) is 1. The smallest absolute Gasteiger partial charge is 0.274 e. The van der Waals surface area contributed by atoms with Crippen molar-refractivity contribution in [2.24, 2.45) is 0 Å². The molecule has 5 heteroatoms. The van der Waals surface area contributed by atoms with Crippen LogP contribution in [-0.4, -0.2) is 35.5 Å². The Morgan fingerprint density at radius 1 is 1.53 bits per heavy atom. The lowest BCUT2D eigenvalue weighted by Gasteiger charge is -2.14. The second-order valence-electron chi connectivity index (χ2n) is 5.32. The fraction of sp³-hybridized carbons (Fsp3) is 0.571. The lowest BCUT2D eigenvalue weighted by molar-refractivity contribution is -0.385. The van der Waals surface area contributed by atoms with Crippen LogP contribution < -0.4 is 5.32 Å². The van der Waals surface area contributed by atoms with Gasteiger partial charge < -0.3 is 10.2 Å². The van der Waals surface area contributed by atoms with Crippen LogP contribution in [0.2, 0.25) is 0 Å². The molecule has 5 nitrogen and oxygen atoms in total. The molecule has 0 bridgehead atoms. The molecular formula is C14H21N3O2. The van der Waals surface area contributed by atoms with E-state index in [1.165, 1.54) is 0 Å². The Morgan fingerprint density at radius 3 is 2.79 bits per heavy atom. The summed E-state index contributed by atoms with van der Waals surface area (Å²) in [4.78, 5) is 13.0. The molecule has 0 radical (unpaired) electrons. The van der Waals surface area contributed by atoms with Crippen LogP contribution in [0.15, 0.2) is 18.2 Å². The zero-order chi connectivity index (χ0) is 14.0. The van der Waals surface area contributed by atoms with Crippen molar-refractivity contribution in [1.29, 1.82) is 0 Å². The molecule has 0 amide bonds. The third kappa shape index (κ3) is 3.04. The predicted molar refractivity (Wildman–Crippen MR) is 76.6 cm³/mol. The van der Waals surface area contributed by atoms with Crippen LogP contribution in [0.4, 0.5) is 11.4 Å². The minimum absolute atomic E-state index is 0.215. The number of aryl methyl sites for hydroxylation is 1. The molecule has 2 unspecified atom stereocenters. The molecule has 2 rings (SSSR count). The van der Waals surface area contributed by atoms with Crippen LogP contribution in [0.25, 0.3) is 0 Å². The molecule has 1 heterocycles. The van der Waals surface area contributed by atoms with Crippen molar-refractivity contribution in [3.63, 3.8) is 0 Å². The Balaban J connectivity index is 2.13. The minimum atomic E-state index is -0.298. The fourth-order valence-electron chi connectivity index (χ4n) is 2.66. The third-order valence-electron chi connectivity index (χ3n) is 3.92. The molecule has 1 aliphatic heterocycles. The average Bonchev–Trinajstić information content (AvgIpc) is 2.68. The van der Waals surface area contributed by atoms with Gasteiger partial charge in [-0.05, 0) is 32.9 Å². The van der Waals surface area contributed by atoms with Crippen LogP contribution in [0.1, 0.15) is 25.8 Å². The molecule has 1 aromatic carbocycles. The quantitative estimate of drug-likeness (QED) is 0.670. The highest BCUT2D eigenvalue weighted by Crippen LogP contribution is 2.26. The minimum Gasteiger partial charge on any atom is -0.381 e. The van der Waals surface area contributed by atoms with Gasteiger partial charge in [0.15, 0.2) is 0 Å². The normalized spacial score (nSPS) is 23.5. The van der Waals surface area contributed by atoms with Gasteiger partial charge in [-0.15, -0.1) is 0 Å². The van der Waals surface area contributed by atoms with Gasteiger partial charge in [0, 0.05) is 35.9 Å². The molecule has 0 aliphatic carbocycles. The van der Waals surface area contributed by atoms with Gasteiger partial charge in [0.25, 0.3) is 5.69 Å². The number of anilines is 1. The van der Waals surface area contributed by atoms with Crippen molar-refractivity contribution in [2.45, 2.75) is 38.8 Å². The third-order valence-corrected chi connectivity index (χ3v) is 3.92. The molecule has 1 aliphatic rings. The van der Waals surface area contributed by atoms with Crippen LogP contribution >= 0.6 is 0 Å². The first-order valence-electron chi connectivity index (χ1n) is 6.75. The molecule has 1 saturated heterocycles. The van der Waals surface area contributed by atoms with Crippen LogP contribution in [0.5, 0.6) is 0 Å². The maximum Gasteiger partial charge on any atom is 0.274 e. The number of rotatable bonds is 4. The van der Waals surface area contributed by atoms with Crippen molar-refractivity contribution >= 4 is 11.4 Å². The summed E-state index contributed by atoms with van der Waals surface area (Å²) in [5.74, 6) is 0. The van der Waals surface area contributed by atoms with Gasteiger partial charge in [-0.25, -0.2) is 0 Å². The molecule has 1 aromatic rings. The topological polar surface area (TPSA) is 58.4 Å². The first-order chi connectivity index (χ1) is 9.01. The van der Waals surface area contributed by atoms with E-state index >= 15 is 0 Å². The second-order valence-corrected chi connectivity index (χ2v) is 5.32. The number of hydrogen-bond acceptors (Lipinski definition) is 4. The summed E-state index contributed by atoms with van der Waals surface area (Å²) in [6, 6.07) is 6.37. The van der Waals surface area contributed by atoms with Crippen molar-refractivity contribution in [3.05, 3.63) is 33.9 Å². The molecule has 0 saturated carbocycles. The number of benzene rings is 1. The molecule has 0 spiro atoms. The van der Waals surface area contributed by atoms with E-state index in [2.05, 4.69) is 24.2 Å². The van der Waals surface area contributed by atoms with Crippen molar-refractivity contribution in [1.82, 2.24) is 4.90 Å². The van der Waals surface area contributed by atoms with E-state index in [1.54, 1.807) is 6.07 Å². The summed E-state index contributed by atoms with van der Waals surface area (Å²) in [6.45, 7) is 5.11. The summed E-state index contributed by atoms with van der Waals surface area (Å²) in [5, 5.41) is 14.4. The maximum atomic E-state index is 11.0. The van der Waals surface area contributed by atoms with E-state index in [4.69, 9.17) is 0 Å². The lowest BCUT2D eigenvalue weighted by atomic mass is 10.1.